The van der Waals surface area contributed by atoms with E-state index in [1.807, 2.05) is 53.1 Å². The van der Waals surface area contributed by atoms with Crippen molar-refractivity contribution in [2.24, 2.45) is 0 Å². The number of benzene rings is 1. The Morgan fingerprint density at radius 1 is 1.08 bits per heavy atom. The Hall–Kier alpha value is -3.48. The summed E-state index contributed by atoms with van der Waals surface area (Å²) in [6.45, 7) is 0.188. The zero-order chi connectivity index (χ0) is 17.1. The van der Waals surface area contributed by atoms with Crippen LogP contribution in [0.3, 0.4) is 0 Å². The number of carbonyl (C=O) groups excluding carboxylic acids is 1. The summed E-state index contributed by atoms with van der Waals surface area (Å²) in [4.78, 5) is 16.4. The molecule has 25 heavy (non-hydrogen) atoms. The molecule has 0 aliphatic heterocycles. The van der Waals surface area contributed by atoms with Gasteiger partial charge >= 0.3 is 0 Å². The topological polar surface area (TPSA) is 81.4 Å². The van der Waals surface area contributed by atoms with Gasteiger partial charge in [0, 0.05) is 17.8 Å². The second kappa shape index (κ2) is 6.56. The minimum Gasteiger partial charge on any atom is -0.481 e. The Kier molecular flexibility index (Phi) is 3.96. The number of nitrogens with zero attached hydrogens (tertiary/aromatic N) is 4. The van der Waals surface area contributed by atoms with Crippen molar-refractivity contribution in [3.63, 3.8) is 0 Å². The highest BCUT2D eigenvalue weighted by molar-refractivity contribution is 5.85. The molecule has 0 atom stereocenters. The molecule has 0 fully saturated rings. The number of nitrogens with one attached hydrogen (secondary N) is 1. The fourth-order valence-electron chi connectivity index (χ4n) is 2.58. The molecule has 0 radical (unpaired) electrons. The first-order chi connectivity index (χ1) is 12.3. The Morgan fingerprint density at radius 3 is 2.96 bits per heavy atom. The number of fused-ring (bicyclic) bond motifs is 2. The first-order valence-electron chi connectivity index (χ1n) is 7.83. The monoisotopic (exact) mass is 333 g/mol. The lowest BCUT2D eigenvalue weighted by Crippen LogP contribution is -2.29. The molecule has 7 nitrogen and oxygen atoms in total. The molecule has 3 aromatic heterocycles. The number of ether oxygens (including phenoxy) is 1. The van der Waals surface area contributed by atoms with Crippen molar-refractivity contribution >= 4 is 22.5 Å². The molecule has 4 rings (SSSR count). The van der Waals surface area contributed by atoms with Gasteiger partial charge in [0.1, 0.15) is 11.3 Å². The predicted molar refractivity (Wildman–Crippen MR) is 92.1 cm³/mol. The summed E-state index contributed by atoms with van der Waals surface area (Å²) < 4.78 is 7.45. The van der Waals surface area contributed by atoms with Crippen LogP contribution in [-0.2, 0) is 11.3 Å². The van der Waals surface area contributed by atoms with Crippen LogP contribution in [0.2, 0.25) is 0 Å². The summed E-state index contributed by atoms with van der Waals surface area (Å²) >= 11 is 0. The predicted octanol–water partition coefficient (Wildman–Crippen LogP) is 1.97. The van der Waals surface area contributed by atoms with E-state index in [4.69, 9.17) is 4.74 Å². The van der Waals surface area contributed by atoms with Crippen molar-refractivity contribution in [3.05, 3.63) is 66.7 Å². The van der Waals surface area contributed by atoms with E-state index >= 15 is 0 Å². The molecule has 0 aliphatic rings. The lowest BCUT2D eigenvalue weighted by molar-refractivity contribution is -0.123. The number of pyridine rings is 2. The highest BCUT2D eigenvalue weighted by Crippen LogP contribution is 2.22. The van der Waals surface area contributed by atoms with Gasteiger partial charge in [-0.15, -0.1) is 10.2 Å². The van der Waals surface area contributed by atoms with Gasteiger partial charge in [0.25, 0.3) is 5.91 Å². The van der Waals surface area contributed by atoms with Crippen molar-refractivity contribution in [2.75, 3.05) is 6.61 Å². The van der Waals surface area contributed by atoms with Crippen LogP contribution in [0, 0.1) is 0 Å². The minimum atomic E-state index is -0.236. The van der Waals surface area contributed by atoms with Crippen LogP contribution in [0.15, 0.2) is 60.9 Å². The normalized spacial score (nSPS) is 10.9. The van der Waals surface area contributed by atoms with Crippen LogP contribution in [0.1, 0.15) is 5.82 Å². The van der Waals surface area contributed by atoms with E-state index in [9.17, 15) is 4.79 Å². The summed E-state index contributed by atoms with van der Waals surface area (Å²) in [6, 6.07) is 15.1. The van der Waals surface area contributed by atoms with E-state index in [2.05, 4.69) is 20.5 Å². The fourth-order valence-corrected chi connectivity index (χ4v) is 2.58. The third kappa shape index (κ3) is 3.12. The van der Waals surface area contributed by atoms with Crippen LogP contribution in [0.25, 0.3) is 16.6 Å². The van der Waals surface area contributed by atoms with Crippen LogP contribution >= 0.6 is 0 Å². The molecule has 0 saturated carbocycles. The van der Waals surface area contributed by atoms with Crippen molar-refractivity contribution < 1.29 is 9.53 Å². The second-order valence-corrected chi connectivity index (χ2v) is 5.44. The van der Waals surface area contributed by atoms with Gasteiger partial charge in [-0.1, -0.05) is 24.3 Å². The highest BCUT2D eigenvalue weighted by atomic mass is 16.5. The molecule has 1 aromatic carbocycles. The first kappa shape index (κ1) is 15.1. The minimum absolute atomic E-state index is 0.0908. The number of para-hydroxylation sites is 1. The Labute approximate surface area is 143 Å². The molecule has 1 N–H and O–H groups in total. The maximum absolute atomic E-state index is 12.1. The molecule has 0 unspecified atom stereocenters. The van der Waals surface area contributed by atoms with Crippen LogP contribution in [-0.4, -0.2) is 32.1 Å². The third-order valence-electron chi connectivity index (χ3n) is 3.78. The van der Waals surface area contributed by atoms with E-state index in [1.54, 1.807) is 12.3 Å². The van der Waals surface area contributed by atoms with E-state index in [0.29, 0.717) is 11.6 Å². The van der Waals surface area contributed by atoms with Crippen LogP contribution < -0.4 is 10.1 Å². The highest BCUT2D eigenvalue weighted by Gasteiger charge is 2.09. The Balaban J connectivity index is 1.39. The molecule has 7 heteroatoms. The van der Waals surface area contributed by atoms with Crippen LogP contribution in [0.5, 0.6) is 5.75 Å². The van der Waals surface area contributed by atoms with Gasteiger partial charge in [-0.05, 0) is 24.3 Å². The molecule has 4 aromatic rings. The van der Waals surface area contributed by atoms with Gasteiger partial charge in [-0.25, -0.2) is 0 Å². The van der Waals surface area contributed by atoms with Gasteiger partial charge in [-0.2, -0.15) is 0 Å². The summed E-state index contributed by atoms with van der Waals surface area (Å²) in [5.41, 5.74) is 1.48. The summed E-state index contributed by atoms with van der Waals surface area (Å²) in [5.74, 6) is 1.01. The van der Waals surface area contributed by atoms with E-state index in [1.165, 1.54) is 0 Å². The lowest BCUT2D eigenvalue weighted by Gasteiger charge is -2.08. The first-order valence-corrected chi connectivity index (χ1v) is 7.83. The molecule has 124 valence electrons. The molecular formula is C18H15N5O2. The molecule has 3 heterocycles. The van der Waals surface area contributed by atoms with Gasteiger partial charge in [0.15, 0.2) is 18.1 Å². The molecule has 0 bridgehead atoms. The Bertz CT molecular complexity index is 1040. The number of aromatic nitrogens is 4. The van der Waals surface area contributed by atoms with Gasteiger partial charge in [0.2, 0.25) is 0 Å². The zero-order valence-corrected chi connectivity index (χ0v) is 13.3. The van der Waals surface area contributed by atoms with E-state index in [-0.39, 0.29) is 19.1 Å². The van der Waals surface area contributed by atoms with Crippen molar-refractivity contribution in [3.8, 4) is 5.75 Å². The van der Waals surface area contributed by atoms with E-state index < -0.39 is 0 Å². The maximum atomic E-state index is 12.1. The van der Waals surface area contributed by atoms with Gasteiger partial charge in [-0.3, -0.25) is 14.2 Å². The lowest BCUT2D eigenvalue weighted by atomic mass is 10.2. The maximum Gasteiger partial charge on any atom is 0.258 e. The smallest absolute Gasteiger partial charge is 0.258 e. The van der Waals surface area contributed by atoms with Gasteiger partial charge in [0.05, 0.1) is 6.54 Å². The number of hydrogen-bond donors (Lipinski definition) is 1. The largest absolute Gasteiger partial charge is 0.481 e. The van der Waals surface area contributed by atoms with Crippen molar-refractivity contribution in [1.82, 2.24) is 24.9 Å². The quantitative estimate of drug-likeness (QED) is 0.604. The van der Waals surface area contributed by atoms with Crippen molar-refractivity contribution in [2.45, 2.75) is 6.54 Å². The number of carbonyl (C=O) groups is 1. The number of rotatable bonds is 5. The molecule has 0 aliphatic carbocycles. The Morgan fingerprint density at radius 2 is 2.00 bits per heavy atom. The molecule has 0 saturated heterocycles. The molecule has 0 spiro atoms. The van der Waals surface area contributed by atoms with Crippen LogP contribution in [0.4, 0.5) is 0 Å². The number of hydrogen-bond acceptors (Lipinski definition) is 5. The fraction of sp³-hybridized carbons (Fsp3) is 0.111. The van der Waals surface area contributed by atoms with Gasteiger partial charge < -0.3 is 10.1 Å². The van der Waals surface area contributed by atoms with E-state index in [0.717, 1.165) is 16.6 Å². The van der Waals surface area contributed by atoms with Crippen molar-refractivity contribution in [1.29, 1.82) is 0 Å². The second-order valence-electron chi connectivity index (χ2n) is 5.44. The SMILES string of the molecule is O=C(COc1cccc2cccnc12)NCc1nnc2ccccn12. The summed E-state index contributed by atoms with van der Waals surface area (Å²) in [6.07, 6.45) is 3.56. The average Bonchev–Trinajstić information content (AvgIpc) is 3.08. The summed E-state index contributed by atoms with van der Waals surface area (Å²) in [5, 5.41) is 11.9. The third-order valence-corrected chi connectivity index (χ3v) is 3.78. The summed E-state index contributed by atoms with van der Waals surface area (Å²) in [7, 11) is 0. The molecule has 1 amide bonds. The zero-order valence-electron chi connectivity index (χ0n) is 13.3. The molecular weight excluding hydrogens is 318 g/mol. The standard InChI is InChI=1S/C18H15N5O2/c24-17(20-11-16-22-21-15-8-1-2-10-23(15)16)12-25-14-7-3-5-13-6-4-9-19-18(13)14/h1-10H,11-12H2,(H,20,24). The average molecular weight is 333 g/mol. The number of amides is 1.